The van der Waals surface area contributed by atoms with Gasteiger partial charge in [0.1, 0.15) is 5.78 Å². The minimum Gasteiger partial charge on any atom is -0.396 e. The molecule has 0 bridgehead atoms. The smallest absolute Gasteiger partial charge is 0.146 e. The molecule has 1 N–H and O–H groups in total. The Morgan fingerprint density at radius 3 is 2.50 bits per heavy atom. The molecule has 0 saturated carbocycles. The van der Waals surface area contributed by atoms with E-state index in [1.807, 2.05) is 13.8 Å². The molecule has 12 heavy (non-hydrogen) atoms. The first-order valence-electron chi connectivity index (χ1n) is 4.59. The maximum absolute atomic E-state index is 11.0. The molecule has 0 rings (SSSR count). The second-order valence-electron chi connectivity index (χ2n) is 2.84. The number of aliphatic hydroxyl groups excluding tert-OH is 1. The zero-order valence-corrected chi connectivity index (χ0v) is 8.05. The van der Waals surface area contributed by atoms with Crippen molar-refractivity contribution >= 4 is 5.78 Å². The molecule has 0 amide bonds. The van der Waals surface area contributed by atoms with Gasteiger partial charge in [-0.3, -0.25) is 9.69 Å². The van der Waals surface area contributed by atoms with E-state index in [-0.39, 0.29) is 12.4 Å². The van der Waals surface area contributed by atoms with Gasteiger partial charge in [0, 0.05) is 19.6 Å². The van der Waals surface area contributed by atoms with Crippen LogP contribution in [-0.4, -0.2) is 42.0 Å². The molecule has 0 aliphatic carbocycles. The van der Waals surface area contributed by atoms with Crippen LogP contribution in [0.25, 0.3) is 0 Å². The zero-order chi connectivity index (χ0) is 9.40. The van der Waals surface area contributed by atoms with Crippen LogP contribution in [0, 0.1) is 0 Å². The van der Waals surface area contributed by atoms with Crippen molar-refractivity contribution in [3.63, 3.8) is 0 Å². The van der Waals surface area contributed by atoms with Crippen LogP contribution in [0.3, 0.4) is 0 Å². The van der Waals surface area contributed by atoms with Gasteiger partial charge in [0.15, 0.2) is 0 Å². The number of rotatable bonds is 7. The van der Waals surface area contributed by atoms with Gasteiger partial charge < -0.3 is 5.11 Å². The summed E-state index contributed by atoms with van der Waals surface area (Å²) in [6.07, 6.45) is 1.36. The summed E-state index contributed by atoms with van der Waals surface area (Å²) >= 11 is 0. The van der Waals surface area contributed by atoms with E-state index >= 15 is 0 Å². The summed E-state index contributed by atoms with van der Waals surface area (Å²) in [5.74, 6) is 0.273. The van der Waals surface area contributed by atoms with Gasteiger partial charge in [0.25, 0.3) is 0 Å². The lowest BCUT2D eigenvalue weighted by Crippen LogP contribution is -2.30. The summed E-state index contributed by atoms with van der Waals surface area (Å²) in [6.45, 7) is 6.34. The van der Waals surface area contributed by atoms with Crippen molar-refractivity contribution in [3.8, 4) is 0 Å². The third-order valence-electron chi connectivity index (χ3n) is 1.87. The summed E-state index contributed by atoms with van der Waals surface area (Å²) in [5.41, 5.74) is 0. The molecule has 72 valence electrons. The number of hydrogen-bond donors (Lipinski definition) is 1. The number of carbonyl (C=O) groups excluding carboxylic acids is 1. The number of hydrogen-bond acceptors (Lipinski definition) is 3. The Balaban J connectivity index is 3.59. The van der Waals surface area contributed by atoms with Gasteiger partial charge in [0.05, 0.1) is 6.54 Å². The maximum Gasteiger partial charge on any atom is 0.146 e. The molecule has 0 fully saturated rings. The lowest BCUT2D eigenvalue weighted by molar-refractivity contribution is -0.119. The van der Waals surface area contributed by atoms with Gasteiger partial charge in [-0.15, -0.1) is 0 Å². The van der Waals surface area contributed by atoms with Crippen molar-refractivity contribution in [2.75, 3.05) is 26.2 Å². The summed E-state index contributed by atoms with van der Waals surface area (Å²) < 4.78 is 0. The number of Topliss-reactive ketones (excluding diaryl/α,β-unsaturated/α-hetero) is 1. The summed E-state index contributed by atoms with van der Waals surface area (Å²) in [5, 5.41) is 8.59. The summed E-state index contributed by atoms with van der Waals surface area (Å²) in [7, 11) is 0. The molecule has 3 heteroatoms. The highest BCUT2D eigenvalue weighted by Gasteiger charge is 2.05. The van der Waals surface area contributed by atoms with Crippen molar-refractivity contribution in [1.82, 2.24) is 4.90 Å². The summed E-state index contributed by atoms with van der Waals surface area (Å²) in [6, 6.07) is 0. The van der Waals surface area contributed by atoms with Crippen LogP contribution in [0.15, 0.2) is 0 Å². The molecule has 0 aliphatic rings. The lowest BCUT2D eigenvalue weighted by atomic mass is 10.3. The van der Waals surface area contributed by atoms with E-state index in [2.05, 4.69) is 4.90 Å². The Hall–Kier alpha value is -0.410. The lowest BCUT2D eigenvalue weighted by Gasteiger charge is -2.18. The number of carbonyl (C=O) groups is 1. The molecule has 0 heterocycles. The molecule has 0 atom stereocenters. The Kier molecular flexibility index (Phi) is 7.00. The number of aliphatic hydroxyl groups is 1. The van der Waals surface area contributed by atoms with Gasteiger partial charge in [-0.25, -0.2) is 0 Å². The largest absolute Gasteiger partial charge is 0.396 e. The van der Waals surface area contributed by atoms with Crippen molar-refractivity contribution in [3.05, 3.63) is 0 Å². The summed E-state index contributed by atoms with van der Waals surface area (Å²) in [4.78, 5) is 13.1. The van der Waals surface area contributed by atoms with E-state index in [0.29, 0.717) is 13.0 Å². The predicted octanol–water partition coefficient (Wildman–Crippen LogP) is 0.670. The van der Waals surface area contributed by atoms with E-state index < -0.39 is 0 Å². The predicted molar refractivity (Wildman–Crippen MR) is 49.1 cm³/mol. The molecular formula is C9H19NO2. The second kappa shape index (κ2) is 7.25. The molecule has 0 aromatic heterocycles. The maximum atomic E-state index is 11.0. The third-order valence-corrected chi connectivity index (χ3v) is 1.87. The number of nitrogens with zero attached hydrogens (tertiary/aromatic N) is 1. The molecule has 3 nitrogen and oxygen atoms in total. The van der Waals surface area contributed by atoms with Crippen LogP contribution in [0.2, 0.25) is 0 Å². The highest BCUT2D eigenvalue weighted by Crippen LogP contribution is 1.93. The number of ketones is 1. The van der Waals surface area contributed by atoms with E-state index in [0.717, 1.165) is 19.5 Å². The van der Waals surface area contributed by atoms with E-state index in [4.69, 9.17) is 5.11 Å². The highest BCUT2D eigenvalue weighted by atomic mass is 16.3. The van der Waals surface area contributed by atoms with Gasteiger partial charge in [-0.1, -0.05) is 13.8 Å². The first kappa shape index (κ1) is 11.6. The first-order chi connectivity index (χ1) is 5.74. The van der Waals surface area contributed by atoms with Crippen LogP contribution >= 0.6 is 0 Å². The van der Waals surface area contributed by atoms with E-state index in [9.17, 15) is 4.79 Å². The normalized spacial score (nSPS) is 10.7. The van der Waals surface area contributed by atoms with Crippen LogP contribution in [-0.2, 0) is 4.79 Å². The molecule has 0 aromatic rings. The molecule has 0 saturated heterocycles. The van der Waals surface area contributed by atoms with Crippen molar-refractivity contribution in [2.24, 2.45) is 0 Å². The Morgan fingerprint density at radius 1 is 1.42 bits per heavy atom. The fraction of sp³-hybridized carbons (Fsp3) is 0.889. The molecule has 0 aliphatic heterocycles. The fourth-order valence-corrected chi connectivity index (χ4v) is 1.00. The van der Waals surface area contributed by atoms with Crippen molar-refractivity contribution in [1.29, 1.82) is 0 Å². The average Bonchev–Trinajstić information content (AvgIpc) is 2.11. The van der Waals surface area contributed by atoms with Crippen LogP contribution in [0.1, 0.15) is 26.7 Å². The highest BCUT2D eigenvalue weighted by molar-refractivity contribution is 5.80. The molecule has 0 aromatic carbocycles. The third kappa shape index (κ3) is 5.27. The standard InChI is InChI=1S/C9H19NO2/c1-3-9(12)8-10(4-2)6-5-7-11/h11H,3-8H2,1-2H3. The minimum atomic E-state index is 0.205. The Bertz CT molecular complexity index is 126. The second-order valence-corrected chi connectivity index (χ2v) is 2.84. The minimum absolute atomic E-state index is 0.205. The first-order valence-corrected chi connectivity index (χ1v) is 4.59. The van der Waals surface area contributed by atoms with Crippen molar-refractivity contribution in [2.45, 2.75) is 26.7 Å². The Labute approximate surface area is 74.4 Å². The quantitative estimate of drug-likeness (QED) is 0.615. The van der Waals surface area contributed by atoms with Crippen LogP contribution in [0.5, 0.6) is 0 Å². The van der Waals surface area contributed by atoms with E-state index in [1.165, 1.54) is 0 Å². The SMILES string of the molecule is CCC(=O)CN(CC)CCCO. The Morgan fingerprint density at radius 2 is 2.08 bits per heavy atom. The van der Waals surface area contributed by atoms with Gasteiger partial charge in [-0.2, -0.15) is 0 Å². The topological polar surface area (TPSA) is 40.5 Å². The van der Waals surface area contributed by atoms with Gasteiger partial charge in [-0.05, 0) is 13.0 Å². The molecule has 0 unspecified atom stereocenters. The van der Waals surface area contributed by atoms with Gasteiger partial charge >= 0.3 is 0 Å². The van der Waals surface area contributed by atoms with Gasteiger partial charge in [0.2, 0.25) is 0 Å². The molecule has 0 radical (unpaired) electrons. The average molecular weight is 173 g/mol. The van der Waals surface area contributed by atoms with Crippen molar-refractivity contribution < 1.29 is 9.90 Å². The van der Waals surface area contributed by atoms with Crippen LogP contribution < -0.4 is 0 Å². The molecular weight excluding hydrogens is 154 g/mol. The van der Waals surface area contributed by atoms with E-state index in [1.54, 1.807) is 0 Å². The zero-order valence-electron chi connectivity index (χ0n) is 8.05. The van der Waals surface area contributed by atoms with Crippen LogP contribution in [0.4, 0.5) is 0 Å². The fourth-order valence-electron chi connectivity index (χ4n) is 1.00. The number of likely N-dealkylation sites (N-methyl/N-ethyl adjacent to an activating group) is 1. The molecule has 0 spiro atoms. The monoisotopic (exact) mass is 173 g/mol.